The Balaban J connectivity index is 2.32. The third kappa shape index (κ3) is 1.36. The van der Waals surface area contributed by atoms with E-state index < -0.39 is 7.12 Å². The van der Waals surface area contributed by atoms with Gasteiger partial charge in [-0.25, -0.2) is 4.98 Å². The summed E-state index contributed by atoms with van der Waals surface area (Å²) in [5, 5.41) is 19.3. The Morgan fingerprint density at radius 3 is 3.08 bits per heavy atom. The molecule has 4 nitrogen and oxygen atoms in total. The summed E-state index contributed by atoms with van der Waals surface area (Å²) in [7, 11) is -1.31. The standard InChI is InChI=1S/C6H7BN2O2S/c10-7(11)3-5-4-9-1-2-12-6(9)8-5/h1-2,4,10-11H,3H2. The van der Waals surface area contributed by atoms with Crippen LogP contribution in [-0.4, -0.2) is 26.6 Å². The van der Waals surface area contributed by atoms with Gasteiger partial charge in [0.2, 0.25) is 0 Å². The van der Waals surface area contributed by atoms with Gasteiger partial charge in [-0.15, -0.1) is 11.3 Å². The van der Waals surface area contributed by atoms with Crippen LogP contribution in [0, 0.1) is 0 Å². The third-order valence-electron chi connectivity index (χ3n) is 1.53. The zero-order valence-corrected chi connectivity index (χ0v) is 7.03. The number of imidazole rings is 1. The Bertz CT molecular complexity index is 355. The topological polar surface area (TPSA) is 57.8 Å². The summed E-state index contributed by atoms with van der Waals surface area (Å²) >= 11 is 1.52. The summed E-state index contributed by atoms with van der Waals surface area (Å²) in [6.07, 6.45) is 3.87. The van der Waals surface area contributed by atoms with E-state index in [0.29, 0.717) is 5.69 Å². The van der Waals surface area contributed by atoms with Gasteiger partial charge in [0, 0.05) is 24.1 Å². The maximum atomic E-state index is 8.68. The molecule has 0 amide bonds. The van der Waals surface area contributed by atoms with E-state index in [1.807, 2.05) is 16.0 Å². The lowest BCUT2D eigenvalue weighted by atomic mass is 9.85. The molecule has 0 saturated heterocycles. The minimum absolute atomic E-state index is 0.189. The van der Waals surface area contributed by atoms with E-state index in [0.717, 1.165) is 4.96 Å². The molecule has 0 aromatic carbocycles. The number of fused-ring (bicyclic) bond motifs is 1. The number of rotatable bonds is 2. The van der Waals surface area contributed by atoms with Crippen LogP contribution in [0.3, 0.4) is 0 Å². The summed E-state index contributed by atoms with van der Waals surface area (Å²) in [6.45, 7) is 0. The van der Waals surface area contributed by atoms with Crippen LogP contribution in [0.2, 0.25) is 0 Å². The van der Waals surface area contributed by atoms with Crippen LogP contribution in [0.25, 0.3) is 4.96 Å². The number of hydrogen-bond donors (Lipinski definition) is 2. The SMILES string of the molecule is OB(O)Cc1cn2ccsc2n1. The van der Waals surface area contributed by atoms with Crippen molar-refractivity contribution in [3.8, 4) is 0 Å². The maximum Gasteiger partial charge on any atom is 0.457 e. The zero-order chi connectivity index (χ0) is 8.55. The van der Waals surface area contributed by atoms with Crippen LogP contribution in [0.1, 0.15) is 5.69 Å². The molecule has 0 radical (unpaired) electrons. The number of nitrogens with zero attached hydrogens (tertiary/aromatic N) is 2. The predicted octanol–water partition coefficient (Wildman–Crippen LogP) is -0.0497. The minimum Gasteiger partial charge on any atom is -0.427 e. The van der Waals surface area contributed by atoms with Crippen LogP contribution >= 0.6 is 11.3 Å². The van der Waals surface area contributed by atoms with Gasteiger partial charge in [-0.3, -0.25) is 4.40 Å². The molecular formula is C6H7BN2O2S. The Morgan fingerprint density at radius 2 is 2.42 bits per heavy atom. The smallest absolute Gasteiger partial charge is 0.427 e. The first kappa shape index (κ1) is 7.79. The van der Waals surface area contributed by atoms with E-state index in [1.165, 1.54) is 11.3 Å². The molecule has 0 aliphatic heterocycles. The minimum atomic E-state index is -1.31. The highest BCUT2D eigenvalue weighted by atomic mass is 32.1. The average Bonchev–Trinajstić information content (AvgIpc) is 2.43. The number of thiazole rings is 1. The van der Waals surface area contributed by atoms with Crippen LogP contribution in [0.15, 0.2) is 17.8 Å². The summed E-state index contributed by atoms with van der Waals surface area (Å²) in [4.78, 5) is 5.05. The molecule has 0 bridgehead atoms. The van der Waals surface area contributed by atoms with Gasteiger partial charge in [-0.05, 0) is 0 Å². The van der Waals surface area contributed by atoms with Crippen molar-refractivity contribution in [1.29, 1.82) is 0 Å². The molecule has 2 heterocycles. The van der Waals surface area contributed by atoms with Crippen molar-refractivity contribution in [1.82, 2.24) is 9.38 Å². The maximum absolute atomic E-state index is 8.68. The zero-order valence-electron chi connectivity index (χ0n) is 6.21. The van der Waals surface area contributed by atoms with Crippen molar-refractivity contribution in [2.45, 2.75) is 6.32 Å². The van der Waals surface area contributed by atoms with Gasteiger partial charge in [0.25, 0.3) is 0 Å². The molecule has 0 atom stereocenters. The lowest BCUT2D eigenvalue weighted by molar-refractivity contribution is 0.404. The normalized spacial score (nSPS) is 10.8. The van der Waals surface area contributed by atoms with Gasteiger partial charge in [-0.2, -0.15) is 0 Å². The van der Waals surface area contributed by atoms with Gasteiger partial charge in [-0.1, -0.05) is 0 Å². The van der Waals surface area contributed by atoms with E-state index in [9.17, 15) is 0 Å². The van der Waals surface area contributed by atoms with Gasteiger partial charge >= 0.3 is 7.12 Å². The largest absolute Gasteiger partial charge is 0.457 e. The third-order valence-corrected chi connectivity index (χ3v) is 2.31. The Morgan fingerprint density at radius 1 is 1.58 bits per heavy atom. The van der Waals surface area contributed by atoms with Crippen molar-refractivity contribution in [2.24, 2.45) is 0 Å². The van der Waals surface area contributed by atoms with Gasteiger partial charge in [0.1, 0.15) is 0 Å². The quantitative estimate of drug-likeness (QED) is 0.640. The average molecular weight is 182 g/mol. The van der Waals surface area contributed by atoms with E-state index in [-0.39, 0.29) is 6.32 Å². The van der Waals surface area contributed by atoms with E-state index in [1.54, 1.807) is 6.20 Å². The van der Waals surface area contributed by atoms with Gasteiger partial charge in [0.05, 0.1) is 5.69 Å². The molecule has 2 aromatic rings. The second-order valence-corrected chi connectivity index (χ2v) is 3.38. The van der Waals surface area contributed by atoms with E-state index in [2.05, 4.69) is 4.98 Å². The number of aromatic nitrogens is 2. The molecule has 12 heavy (non-hydrogen) atoms. The van der Waals surface area contributed by atoms with Crippen molar-refractivity contribution in [2.75, 3.05) is 0 Å². The van der Waals surface area contributed by atoms with Crippen LogP contribution in [0.5, 0.6) is 0 Å². The molecule has 0 saturated carbocycles. The fourth-order valence-electron chi connectivity index (χ4n) is 1.06. The Kier molecular flexibility index (Phi) is 1.88. The second-order valence-electron chi connectivity index (χ2n) is 2.51. The molecule has 0 fully saturated rings. The van der Waals surface area contributed by atoms with Crippen molar-refractivity contribution < 1.29 is 10.0 Å². The molecule has 2 N–H and O–H groups in total. The summed E-state index contributed by atoms with van der Waals surface area (Å²) in [5.74, 6) is 0. The molecule has 62 valence electrons. The van der Waals surface area contributed by atoms with E-state index in [4.69, 9.17) is 10.0 Å². The highest BCUT2D eigenvalue weighted by Crippen LogP contribution is 2.11. The van der Waals surface area contributed by atoms with Crippen LogP contribution in [-0.2, 0) is 6.32 Å². The van der Waals surface area contributed by atoms with Crippen LogP contribution < -0.4 is 0 Å². The van der Waals surface area contributed by atoms with Gasteiger partial charge in [0.15, 0.2) is 4.96 Å². The first-order valence-corrected chi connectivity index (χ1v) is 4.41. The van der Waals surface area contributed by atoms with Crippen molar-refractivity contribution in [3.05, 3.63) is 23.5 Å². The number of hydrogen-bond acceptors (Lipinski definition) is 4. The summed E-state index contributed by atoms with van der Waals surface area (Å²) < 4.78 is 1.86. The monoisotopic (exact) mass is 182 g/mol. The summed E-state index contributed by atoms with van der Waals surface area (Å²) in [5.41, 5.74) is 0.705. The molecule has 0 unspecified atom stereocenters. The highest BCUT2D eigenvalue weighted by molar-refractivity contribution is 7.15. The fourth-order valence-corrected chi connectivity index (χ4v) is 1.78. The Hall–Kier alpha value is -0.845. The molecule has 6 heteroatoms. The summed E-state index contributed by atoms with van der Waals surface area (Å²) in [6, 6.07) is 0. The predicted molar refractivity (Wildman–Crippen MR) is 47.0 cm³/mol. The highest BCUT2D eigenvalue weighted by Gasteiger charge is 2.11. The fraction of sp³-hybridized carbons (Fsp3) is 0.167. The van der Waals surface area contributed by atoms with Crippen LogP contribution in [0.4, 0.5) is 0 Å². The first-order valence-electron chi connectivity index (χ1n) is 3.53. The van der Waals surface area contributed by atoms with Crippen molar-refractivity contribution in [3.63, 3.8) is 0 Å². The lowest BCUT2D eigenvalue weighted by Gasteiger charge is -1.90. The molecule has 0 aliphatic rings. The first-order chi connectivity index (χ1) is 5.75. The Labute approximate surface area is 73.3 Å². The van der Waals surface area contributed by atoms with Crippen molar-refractivity contribution >= 4 is 23.4 Å². The molecule has 0 spiro atoms. The molecule has 2 rings (SSSR count). The molecule has 2 aromatic heterocycles. The van der Waals surface area contributed by atoms with E-state index >= 15 is 0 Å². The lowest BCUT2D eigenvalue weighted by Crippen LogP contribution is -2.15. The molecule has 0 aliphatic carbocycles. The molecular weight excluding hydrogens is 175 g/mol. The second kappa shape index (κ2) is 2.89. The van der Waals surface area contributed by atoms with Gasteiger partial charge < -0.3 is 10.0 Å².